The molecule has 6 heteroatoms. The molecule has 2 rings (SSSR count). The molecule has 28 heavy (non-hydrogen) atoms. The van der Waals surface area contributed by atoms with Gasteiger partial charge in [0.2, 0.25) is 0 Å². The molecule has 0 bridgehead atoms. The van der Waals surface area contributed by atoms with Gasteiger partial charge in [-0.15, -0.1) is 0 Å². The van der Waals surface area contributed by atoms with Crippen molar-refractivity contribution in [2.75, 3.05) is 6.61 Å². The lowest BCUT2D eigenvalue weighted by Gasteiger charge is -2.19. The zero-order valence-corrected chi connectivity index (χ0v) is 15.9. The van der Waals surface area contributed by atoms with Crippen LogP contribution >= 0.6 is 0 Å². The number of aliphatic hydroxyl groups is 3. The third-order valence-corrected chi connectivity index (χ3v) is 4.97. The molecule has 4 N–H and O–H groups in total. The summed E-state index contributed by atoms with van der Waals surface area (Å²) >= 11 is 0. The van der Waals surface area contributed by atoms with Crippen LogP contribution < -0.4 is 4.74 Å². The number of carboxylic acid groups (broad SMARTS) is 1. The molecule has 154 valence electrons. The average molecular weight is 390 g/mol. The molecule has 0 aromatic heterocycles. The minimum absolute atomic E-state index is 0.111. The van der Waals surface area contributed by atoms with Gasteiger partial charge in [-0.3, -0.25) is 4.79 Å². The summed E-state index contributed by atoms with van der Waals surface area (Å²) in [5.41, 5.74) is 0. The Bertz CT molecular complexity index is 642. The second-order valence-electron chi connectivity index (χ2n) is 7.18. The molecule has 1 fully saturated rings. The molecule has 0 heterocycles. The fraction of sp³-hybridized carbons (Fsp3) is 0.500. The Kier molecular flexibility index (Phi) is 9.20. The zero-order chi connectivity index (χ0) is 20.4. The standard InChI is InChI=1S/C22H30O6/c23-16(15-28-17-8-4-3-5-9-17)12-13-19-18(20(24)14-21(19)25)10-6-1-2-7-11-22(26)27/h1,3-6,8-9,12-13,16,18-21,23-25H,2,7,10-11,14-15H2,(H,26,27)/b6-1-,13-12+/t16-,18+,19+,20-,21+/m0/s1. The van der Waals surface area contributed by atoms with E-state index in [2.05, 4.69) is 0 Å². The summed E-state index contributed by atoms with van der Waals surface area (Å²) in [4.78, 5) is 10.5. The quantitative estimate of drug-likeness (QED) is 0.342. The van der Waals surface area contributed by atoms with Crippen LogP contribution in [0, 0.1) is 11.8 Å². The van der Waals surface area contributed by atoms with Crippen LogP contribution in [0.5, 0.6) is 5.75 Å². The van der Waals surface area contributed by atoms with E-state index in [1.165, 1.54) is 0 Å². The van der Waals surface area contributed by atoms with Crippen LogP contribution in [0.15, 0.2) is 54.6 Å². The van der Waals surface area contributed by atoms with Gasteiger partial charge in [-0.2, -0.15) is 0 Å². The normalized spacial score (nSPS) is 26.1. The smallest absolute Gasteiger partial charge is 0.303 e. The Morgan fingerprint density at radius 3 is 2.64 bits per heavy atom. The first-order chi connectivity index (χ1) is 13.5. The van der Waals surface area contributed by atoms with E-state index < -0.39 is 24.3 Å². The van der Waals surface area contributed by atoms with E-state index in [-0.39, 0.29) is 24.9 Å². The molecule has 6 nitrogen and oxygen atoms in total. The molecule has 1 aliphatic carbocycles. The molecular weight excluding hydrogens is 360 g/mol. The molecule has 1 aromatic rings. The number of aliphatic hydroxyl groups excluding tert-OH is 3. The van der Waals surface area contributed by atoms with E-state index in [0.29, 0.717) is 31.4 Å². The second-order valence-corrected chi connectivity index (χ2v) is 7.18. The summed E-state index contributed by atoms with van der Waals surface area (Å²) in [7, 11) is 0. The highest BCUT2D eigenvalue weighted by molar-refractivity contribution is 5.66. The van der Waals surface area contributed by atoms with E-state index in [0.717, 1.165) is 0 Å². The first kappa shape index (κ1) is 22.1. The lowest BCUT2D eigenvalue weighted by Crippen LogP contribution is -2.21. The van der Waals surface area contributed by atoms with E-state index >= 15 is 0 Å². The Morgan fingerprint density at radius 2 is 1.93 bits per heavy atom. The summed E-state index contributed by atoms with van der Waals surface area (Å²) in [5, 5.41) is 39.2. The minimum atomic E-state index is -0.808. The summed E-state index contributed by atoms with van der Waals surface area (Å²) in [6.07, 6.45) is 7.46. The molecule has 1 aliphatic rings. The summed E-state index contributed by atoms with van der Waals surface area (Å²) in [6, 6.07) is 9.22. The van der Waals surface area contributed by atoms with Crippen LogP contribution in [-0.2, 0) is 4.79 Å². The number of aliphatic carboxylic acids is 1. The number of carboxylic acids is 1. The van der Waals surface area contributed by atoms with E-state index in [9.17, 15) is 20.1 Å². The van der Waals surface area contributed by atoms with E-state index in [1.54, 1.807) is 12.2 Å². The molecule has 0 radical (unpaired) electrons. The number of para-hydroxylation sites is 1. The predicted octanol–water partition coefficient (Wildman–Crippen LogP) is 2.54. The number of ether oxygens (including phenoxy) is 1. The lowest BCUT2D eigenvalue weighted by molar-refractivity contribution is -0.137. The largest absolute Gasteiger partial charge is 0.491 e. The molecule has 1 aromatic carbocycles. The fourth-order valence-electron chi connectivity index (χ4n) is 3.46. The zero-order valence-electron chi connectivity index (χ0n) is 15.9. The van der Waals surface area contributed by atoms with Crippen molar-refractivity contribution in [3.63, 3.8) is 0 Å². The highest BCUT2D eigenvalue weighted by Gasteiger charge is 2.39. The summed E-state index contributed by atoms with van der Waals surface area (Å²) in [5.74, 6) is -0.505. The van der Waals surface area contributed by atoms with Crippen LogP contribution in [0.2, 0.25) is 0 Å². The van der Waals surface area contributed by atoms with Crippen molar-refractivity contribution in [1.82, 2.24) is 0 Å². The highest BCUT2D eigenvalue weighted by Crippen LogP contribution is 2.36. The molecule has 0 unspecified atom stereocenters. The van der Waals surface area contributed by atoms with Crippen molar-refractivity contribution in [1.29, 1.82) is 0 Å². The first-order valence-electron chi connectivity index (χ1n) is 9.74. The Labute approximate surface area is 165 Å². The number of benzene rings is 1. The monoisotopic (exact) mass is 390 g/mol. The highest BCUT2D eigenvalue weighted by atomic mass is 16.5. The summed E-state index contributed by atoms with van der Waals surface area (Å²) in [6.45, 7) is 0.111. The number of allylic oxidation sites excluding steroid dienone is 2. The van der Waals surface area contributed by atoms with Crippen LogP contribution in [0.3, 0.4) is 0 Å². The van der Waals surface area contributed by atoms with Gasteiger partial charge >= 0.3 is 5.97 Å². The Balaban J connectivity index is 1.82. The van der Waals surface area contributed by atoms with Crippen molar-refractivity contribution < 1.29 is 30.0 Å². The molecular formula is C22H30O6. The number of hydrogen-bond donors (Lipinski definition) is 4. The van der Waals surface area contributed by atoms with E-state index in [1.807, 2.05) is 42.5 Å². The van der Waals surface area contributed by atoms with Gasteiger partial charge in [-0.1, -0.05) is 42.5 Å². The van der Waals surface area contributed by atoms with Crippen LogP contribution in [0.1, 0.15) is 32.1 Å². The van der Waals surface area contributed by atoms with Crippen molar-refractivity contribution in [2.45, 2.75) is 50.4 Å². The molecule has 0 spiro atoms. The van der Waals surface area contributed by atoms with Crippen molar-refractivity contribution in [2.24, 2.45) is 11.8 Å². The van der Waals surface area contributed by atoms with Gasteiger partial charge in [-0.05, 0) is 37.3 Å². The summed E-state index contributed by atoms with van der Waals surface area (Å²) < 4.78 is 5.51. The van der Waals surface area contributed by atoms with Gasteiger partial charge in [0.05, 0.1) is 12.2 Å². The van der Waals surface area contributed by atoms with Gasteiger partial charge in [0.15, 0.2) is 0 Å². The average Bonchev–Trinajstić information content (AvgIpc) is 2.94. The maximum atomic E-state index is 10.5. The third kappa shape index (κ3) is 7.46. The van der Waals surface area contributed by atoms with Crippen molar-refractivity contribution in [3.8, 4) is 5.75 Å². The second kappa shape index (κ2) is 11.6. The van der Waals surface area contributed by atoms with Crippen LogP contribution in [0.25, 0.3) is 0 Å². The SMILES string of the molecule is O=C(O)CCC/C=C\C[C@@H]1[C@@H](/C=C/[C@H](O)COc2ccccc2)[C@H](O)C[C@@H]1O. The van der Waals surface area contributed by atoms with Gasteiger partial charge < -0.3 is 25.2 Å². The maximum absolute atomic E-state index is 10.5. The Morgan fingerprint density at radius 1 is 1.18 bits per heavy atom. The Hall–Kier alpha value is -2.15. The topological polar surface area (TPSA) is 107 Å². The van der Waals surface area contributed by atoms with Crippen molar-refractivity contribution in [3.05, 3.63) is 54.6 Å². The van der Waals surface area contributed by atoms with E-state index in [4.69, 9.17) is 9.84 Å². The number of hydrogen-bond acceptors (Lipinski definition) is 5. The molecule has 0 amide bonds. The van der Waals surface area contributed by atoms with Crippen LogP contribution in [-0.4, -0.2) is 51.3 Å². The fourth-order valence-corrected chi connectivity index (χ4v) is 3.46. The molecule has 1 saturated carbocycles. The van der Waals surface area contributed by atoms with Gasteiger partial charge in [0, 0.05) is 18.8 Å². The molecule has 0 aliphatic heterocycles. The number of unbranched alkanes of at least 4 members (excludes halogenated alkanes) is 1. The number of rotatable bonds is 11. The lowest BCUT2D eigenvalue weighted by atomic mass is 9.89. The predicted molar refractivity (Wildman–Crippen MR) is 106 cm³/mol. The maximum Gasteiger partial charge on any atom is 0.303 e. The van der Waals surface area contributed by atoms with Gasteiger partial charge in [0.25, 0.3) is 0 Å². The molecule has 0 saturated heterocycles. The van der Waals surface area contributed by atoms with Crippen molar-refractivity contribution >= 4 is 5.97 Å². The minimum Gasteiger partial charge on any atom is -0.491 e. The molecule has 5 atom stereocenters. The number of carbonyl (C=O) groups is 1. The first-order valence-corrected chi connectivity index (χ1v) is 9.74. The van der Waals surface area contributed by atoms with Gasteiger partial charge in [0.1, 0.15) is 18.5 Å². The third-order valence-electron chi connectivity index (χ3n) is 4.97. The van der Waals surface area contributed by atoms with Gasteiger partial charge in [-0.25, -0.2) is 0 Å². The van der Waals surface area contributed by atoms with Crippen LogP contribution in [0.4, 0.5) is 0 Å².